The Morgan fingerprint density at radius 2 is 1.87 bits per heavy atom. The maximum atomic E-state index is 12.9. The number of anilines is 2. The molecule has 2 fully saturated rings. The molecule has 0 aromatic heterocycles. The van der Waals surface area contributed by atoms with E-state index in [0.717, 1.165) is 16.0 Å². The summed E-state index contributed by atoms with van der Waals surface area (Å²) in [4.78, 5) is 50.6. The zero-order valence-electron chi connectivity index (χ0n) is 30.2. The summed E-state index contributed by atoms with van der Waals surface area (Å²) in [5.41, 5.74) is 7.59. The van der Waals surface area contributed by atoms with Gasteiger partial charge in [0.05, 0.1) is 37.7 Å². The maximum absolute atomic E-state index is 12.9. The summed E-state index contributed by atoms with van der Waals surface area (Å²) in [6, 6.07) is 7.47. The molecule has 14 nitrogen and oxygen atoms in total. The van der Waals surface area contributed by atoms with Crippen LogP contribution in [0.3, 0.4) is 0 Å². The molecule has 3 aliphatic heterocycles. The Kier molecular flexibility index (Phi) is 13.2. The smallest absolute Gasteiger partial charge is 0.409 e. The molecule has 2 aromatic rings. The van der Waals surface area contributed by atoms with E-state index >= 15 is 0 Å². The number of nitrogens with two attached hydrogens (primary N) is 1. The number of rotatable bonds is 5. The first kappa shape index (κ1) is 40.0. The number of benzene rings is 2. The van der Waals surface area contributed by atoms with Crippen LogP contribution in [-0.2, 0) is 25.5 Å². The Bertz CT molecular complexity index is 1730. The molecule has 0 aliphatic carbocycles. The SMILES string of the molecule is COc1cc(N)ccc1C(=O)N(C)[C@@H](C)C(=O)O.COc1cc2cc(c1Cl)N(C)C(=O)CCC1O[C@H]1CC1C[C@](O)(C/C=C/C=C(\C)C2)NC(=O)O1. The van der Waals surface area contributed by atoms with Gasteiger partial charge in [-0.1, -0.05) is 35.4 Å². The highest BCUT2D eigenvalue weighted by molar-refractivity contribution is 6.35. The second-order valence-electron chi connectivity index (χ2n) is 13.2. The van der Waals surface area contributed by atoms with Gasteiger partial charge in [0.15, 0.2) is 0 Å². The van der Waals surface area contributed by atoms with E-state index in [2.05, 4.69) is 5.32 Å². The Morgan fingerprint density at radius 3 is 2.54 bits per heavy atom. The van der Waals surface area contributed by atoms with Crippen LogP contribution in [0, 0.1) is 0 Å². The average Bonchev–Trinajstić information content (AvgIpc) is 3.84. The highest BCUT2D eigenvalue weighted by Gasteiger charge is 2.45. The van der Waals surface area contributed by atoms with Crippen molar-refractivity contribution < 1.29 is 48.3 Å². The number of methoxy groups -OCH3 is 2. The van der Waals surface area contributed by atoms with Crippen molar-refractivity contribution in [3.05, 3.63) is 70.3 Å². The van der Waals surface area contributed by atoms with Gasteiger partial charge in [-0.25, -0.2) is 9.59 Å². The van der Waals surface area contributed by atoms with Crippen molar-refractivity contribution in [3.63, 3.8) is 0 Å². The third-order valence-corrected chi connectivity index (χ3v) is 9.58. The van der Waals surface area contributed by atoms with Crippen LogP contribution in [0.2, 0.25) is 5.02 Å². The lowest BCUT2D eigenvalue weighted by atomic mass is 9.96. The standard InChI is InChI=1S/C25H31ClN2O6.C12H16N2O4/c1-15-6-4-5-9-25(31)14-17(33-24(30)27-25)13-20-19(34-20)7-8-22(29)28(2)18-11-16(10-15)12-21(32-3)23(18)26;1-7(12(16)17)14(2)11(15)9-5-4-8(13)6-10(9)18-3/h4-6,11-12,17,19-20,31H,7-10,13-14H2,1-3H3,(H,27,30);4-7H,13H2,1-3H3,(H,16,17)/b5-4+,15-6+;/t17?,19?,20-,25+;7-/m00/s1. The van der Waals surface area contributed by atoms with Gasteiger partial charge in [-0.3, -0.25) is 14.9 Å². The summed E-state index contributed by atoms with van der Waals surface area (Å²) in [6.07, 6.45) is 6.86. The number of ether oxygens (including phenoxy) is 4. The van der Waals surface area contributed by atoms with E-state index in [4.69, 9.17) is 41.4 Å². The molecule has 5 atom stereocenters. The van der Waals surface area contributed by atoms with Crippen LogP contribution >= 0.6 is 11.6 Å². The number of likely N-dealkylation sites (N-methyl/N-ethyl adjacent to an activating group) is 1. The average molecular weight is 743 g/mol. The molecule has 0 spiro atoms. The molecule has 5 rings (SSSR count). The summed E-state index contributed by atoms with van der Waals surface area (Å²) in [7, 11) is 6.11. The molecule has 0 radical (unpaired) electrons. The number of epoxide rings is 1. The molecule has 4 bridgehead atoms. The van der Waals surface area contributed by atoms with Crippen molar-refractivity contribution in [1.82, 2.24) is 10.2 Å². The van der Waals surface area contributed by atoms with Gasteiger partial charge in [0, 0.05) is 51.5 Å². The minimum Gasteiger partial charge on any atom is -0.496 e. The maximum Gasteiger partial charge on any atom is 0.409 e. The zero-order valence-corrected chi connectivity index (χ0v) is 30.9. The van der Waals surface area contributed by atoms with E-state index in [9.17, 15) is 24.3 Å². The first-order valence-electron chi connectivity index (χ1n) is 16.8. The van der Waals surface area contributed by atoms with E-state index in [1.807, 2.05) is 37.3 Å². The molecule has 2 saturated heterocycles. The fourth-order valence-electron chi connectivity index (χ4n) is 6.00. The van der Waals surface area contributed by atoms with Crippen LogP contribution in [-0.4, -0.2) is 97.4 Å². The molecule has 3 amide bonds. The third kappa shape index (κ3) is 10.2. The molecular formula is C37H47ClN4O10. The van der Waals surface area contributed by atoms with Gasteiger partial charge >= 0.3 is 12.1 Å². The van der Waals surface area contributed by atoms with Crippen molar-refractivity contribution in [2.24, 2.45) is 0 Å². The lowest BCUT2D eigenvalue weighted by Crippen LogP contribution is -2.56. The number of halogens is 1. The number of hydrogen-bond donors (Lipinski definition) is 4. The van der Waals surface area contributed by atoms with Crippen LogP contribution < -0.4 is 25.4 Å². The van der Waals surface area contributed by atoms with Gasteiger partial charge in [-0.05, 0) is 56.5 Å². The number of aliphatic hydroxyl groups is 1. The predicted molar refractivity (Wildman–Crippen MR) is 195 cm³/mol. The number of carbonyl (C=O) groups is 4. The summed E-state index contributed by atoms with van der Waals surface area (Å²) >= 11 is 6.54. The van der Waals surface area contributed by atoms with Gasteiger partial charge in [-0.15, -0.1) is 0 Å². The second kappa shape index (κ2) is 17.2. The predicted octanol–water partition coefficient (Wildman–Crippen LogP) is 4.71. The van der Waals surface area contributed by atoms with Crippen molar-refractivity contribution >= 4 is 46.9 Å². The molecule has 2 unspecified atom stereocenters. The molecule has 2 aromatic carbocycles. The number of carboxylic acid groups (broad SMARTS) is 1. The minimum absolute atomic E-state index is 0.0777. The van der Waals surface area contributed by atoms with Crippen LogP contribution in [0.5, 0.6) is 11.5 Å². The van der Waals surface area contributed by atoms with Crippen LogP contribution in [0.25, 0.3) is 0 Å². The van der Waals surface area contributed by atoms with Crippen molar-refractivity contribution in [2.75, 3.05) is 38.9 Å². The fraction of sp³-hybridized carbons (Fsp3) is 0.459. The molecule has 282 valence electrons. The molecule has 52 heavy (non-hydrogen) atoms. The van der Waals surface area contributed by atoms with Crippen molar-refractivity contribution in [3.8, 4) is 11.5 Å². The summed E-state index contributed by atoms with van der Waals surface area (Å²) in [5, 5.41) is 22.7. The second-order valence-corrected chi connectivity index (χ2v) is 13.5. The Morgan fingerprint density at radius 1 is 1.15 bits per heavy atom. The topological polar surface area (TPSA) is 193 Å². The molecular weight excluding hydrogens is 696 g/mol. The quantitative estimate of drug-likeness (QED) is 0.245. The number of hydrogen-bond acceptors (Lipinski definition) is 10. The van der Waals surface area contributed by atoms with E-state index in [-0.39, 0.29) is 36.5 Å². The van der Waals surface area contributed by atoms with Gasteiger partial charge in [-0.2, -0.15) is 0 Å². The highest BCUT2D eigenvalue weighted by atomic mass is 35.5. The first-order valence-corrected chi connectivity index (χ1v) is 17.2. The number of alkyl carbamates (subject to hydrolysis) is 1. The van der Waals surface area contributed by atoms with Gasteiger partial charge in [0.2, 0.25) is 5.91 Å². The number of carbonyl (C=O) groups excluding carboxylic acids is 3. The molecule has 5 N–H and O–H groups in total. The van der Waals surface area contributed by atoms with E-state index in [1.165, 1.54) is 33.2 Å². The van der Waals surface area contributed by atoms with Gasteiger partial charge in [0.25, 0.3) is 5.91 Å². The van der Waals surface area contributed by atoms with E-state index in [1.54, 1.807) is 25.1 Å². The number of nitrogens with zero attached hydrogens (tertiary/aromatic N) is 2. The Hall–Kier alpha value is -4.79. The number of aliphatic carboxylic acids is 1. The number of amides is 3. The van der Waals surface area contributed by atoms with Crippen molar-refractivity contribution in [1.29, 1.82) is 0 Å². The minimum atomic E-state index is -1.37. The monoisotopic (exact) mass is 742 g/mol. The molecule has 3 aliphatic rings. The van der Waals surface area contributed by atoms with E-state index in [0.29, 0.717) is 53.6 Å². The third-order valence-electron chi connectivity index (χ3n) is 9.20. The number of nitrogens with one attached hydrogen (secondary N) is 1. The van der Waals surface area contributed by atoms with Gasteiger partial charge in [0.1, 0.15) is 34.4 Å². The van der Waals surface area contributed by atoms with Crippen molar-refractivity contribution in [2.45, 2.75) is 82.5 Å². The van der Waals surface area contributed by atoms with Crippen LogP contribution in [0.4, 0.5) is 16.2 Å². The summed E-state index contributed by atoms with van der Waals surface area (Å²) in [5.74, 6) is -0.739. The molecule has 0 saturated carbocycles. The lowest BCUT2D eigenvalue weighted by molar-refractivity contribution is -0.141. The fourth-order valence-corrected chi connectivity index (χ4v) is 6.31. The van der Waals surface area contributed by atoms with Gasteiger partial charge < -0.3 is 44.7 Å². The van der Waals surface area contributed by atoms with Crippen LogP contribution in [0.15, 0.2) is 54.1 Å². The summed E-state index contributed by atoms with van der Waals surface area (Å²) < 4.78 is 21.6. The number of allylic oxidation sites excluding steroid dienone is 3. The Labute approximate surface area is 308 Å². The summed E-state index contributed by atoms with van der Waals surface area (Å²) in [6.45, 7) is 3.43. The van der Waals surface area contributed by atoms with E-state index < -0.39 is 35.8 Å². The number of fused-ring (bicyclic) bond motifs is 5. The normalized spacial score (nSPS) is 25.3. The number of nitrogen functional groups attached to an aromatic ring is 1. The number of carboxylic acids is 1. The first-order chi connectivity index (χ1) is 24.5. The largest absolute Gasteiger partial charge is 0.496 e. The van der Waals surface area contributed by atoms with Crippen LogP contribution in [0.1, 0.15) is 61.9 Å². The molecule has 15 heteroatoms. The highest BCUT2D eigenvalue weighted by Crippen LogP contribution is 2.38. The Balaban J connectivity index is 0.000000284. The molecule has 3 heterocycles. The lowest BCUT2D eigenvalue weighted by Gasteiger charge is -2.36. The zero-order chi connectivity index (χ0) is 38.3.